The number of halogens is 1. The van der Waals surface area contributed by atoms with Gasteiger partial charge in [0.15, 0.2) is 26.0 Å². The number of ether oxygens (including phenoxy) is 4. The van der Waals surface area contributed by atoms with Crippen LogP contribution >= 0.6 is 8.53 Å². The zero-order valence-electron chi connectivity index (χ0n) is 38.1. The molecule has 1 N–H and O–H groups in total. The molecule has 0 bridgehead atoms. The number of hydrogen-bond donors (Lipinski definition) is 1. The zero-order valence-corrected chi connectivity index (χ0v) is 40.0. The topological polar surface area (TPSA) is 142 Å². The Morgan fingerprint density at radius 3 is 2.02 bits per heavy atom. The van der Waals surface area contributed by atoms with Crippen molar-refractivity contribution in [1.29, 1.82) is 5.26 Å². The molecule has 63 heavy (non-hydrogen) atoms. The molecule has 0 spiro atoms. The van der Waals surface area contributed by atoms with E-state index >= 15 is 4.39 Å². The summed E-state index contributed by atoms with van der Waals surface area (Å²) in [6, 6.07) is 27.6. The second-order valence-electron chi connectivity index (χ2n) is 17.7. The molecule has 3 aromatic carbocycles. The average Bonchev–Trinajstić information content (AvgIpc) is 3.77. The minimum atomic E-state index is -2.67. The second kappa shape index (κ2) is 20.1. The van der Waals surface area contributed by atoms with Gasteiger partial charge in [0.05, 0.1) is 46.3 Å². The molecular formula is C47H61FN5O8PSi. The van der Waals surface area contributed by atoms with Crippen molar-refractivity contribution in [2.24, 2.45) is 0 Å². The Balaban J connectivity index is 1.56. The molecule has 1 fully saturated rings. The molecule has 1 saturated heterocycles. The number of fused-ring (bicyclic) bond motifs is 1. The number of nitriles is 1. The number of rotatable bonds is 19. The minimum absolute atomic E-state index is 0.0246. The summed E-state index contributed by atoms with van der Waals surface area (Å²) in [5, 5.41) is 9.07. The number of H-pyrrole nitrogens is 1. The van der Waals surface area contributed by atoms with Gasteiger partial charge in [-0.1, -0.05) is 75.4 Å². The van der Waals surface area contributed by atoms with E-state index in [2.05, 4.69) is 82.3 Å². The molecule has 3 heterocycles. The third-order valence-electron chi connectivity index (χ3n) is 11.9. The molecule has 5 atom stereocenters. The van der Waals surface area contributed by atoms with E-state index in [4.69, 9.17) is 32.4 Å². The lowest BCUT2D eigenvalue weighted by Crippen LogP contribution is -2.51. The van der Waals surface area contributed by atoms with Crippen molar-refractivity contribution in [3.63, 3.8) is 0 Å². The highest BCUT2D eigenvalue weighted by Gasteiger charge is 2.54. The summed E-state index contributed by atoms with van der Waals surface area (Å²) in [5.74, 6) is 0.609. The van der Waals surface area contributed by atoms with Gasteiger partial charge in [-0.05, 0) is 86.8 Å². The first kappa shape index (κ1) is 48.0. The van der Waals surface area contributed by atoms with E-state index in [1.807, 2.05) is 78.9 Å². The number of nitrogens with zero attached hydrogens (tertiary/aromatic N) is 4. The molecule has 2 aromatic heterocycles. The van der Waals surface area contributed by atoms with Crippen molar-refractivity contribution in [3.8, 4) is 17.6 Å². The largest absolute Gasteiger partial charge is 0.497 e. The molecule has 1 aliphatic rings. The third-order valence-corrected chi connectivity index (χ3v) is 18.5. The predicted octanol–water partition coefficient (Wildman–Crippen LogP) is 9.84. The number of methoxy groups -OCH3 is 2. The average molecular weight is 902 g/mol. The molecule has 0 saturated carbocycles. The Kier molecular flexibility index (Phi) is 15.3. The third kappa shape index (κ3) is 10.1. The zero-order chi connectivity index (χ0) is 45.7. The Morgan fingerprint density at radius 2 is 1.49 bits per heavy atom. The molecular weight excluding hydrogens is 841 g/mol. The van der Waals surface area contributed by atoms with Crippen LogP contribution in [0.4, 0.5) is 4.39 Å². The maximum atomic E-state index is 15.9. The number of benzene rings is 3. The van der Waals surface area contributed by atoms with Gasteiger partial charge in [0.2, 0.25) is 0 Å². The van der Waals surface area contributed by atoms with Crippen molar-refractivity contribution >= 4 is 27.9 Å². The van der Waals surface area contributed by atoms with Crippen molar-refractivity contribution in [3.05, 3.63) is 124 Å². The van der Waals surface area contributed by atoms with Crippen molar-refractivity contribution in [2.45, 2.75) is 115 Å². The lowest BCUT2D eigenvalue weighted by Gasteiger charge is -2.43. The predicted molar refractivity (Wildman–Crippen MR) is 245 cm³/mol. The SMILES string of the molecule is COc1ccc(C(OC[C@H]2OC(n3cc(F)c4c(=O)[nH]cnc43)[C@H](OP(OCCC#N)N(C(C)C)C(C)C)[C@@H]2O[Si](C)(C)C(C)(C)C)(c2ccccc2)c2ccc(OC)cc2)cc1. The van der Waals surface area contributed by atoms with Crippen LogP contribution in [0.5, 0.6) is 11.5 Å². The van der Waals surface area contributed by atoms with Crippen LogP contribution in [0, 0.1) is 17.1 Å². The molecule has 338 valence electrons. The lowest BCUT2D eigenvalue weighted by atomic mass is 9.80. The Labute approximate surface area is 372 Å². The van der Waals surface area contributed by atoms with E-state index in [0.717, 1.165) is 16.7 Å². The first-order valence-corrected chi connectivity index (χ1v) is 25.3. The molecule has 0 radical (unpaired) electrons. The van der Waals surface area contributed by atoms with Crippen LogP contribution in [-0.2, 0) is 28.5 Å². The van der Waals surface area contributed by atoms with Crippen molar-refractivity contribution in [2.75, 3.05) is 27.4 Å². The van der Waals surface area contributed by atoms with Crippen molar-refractivity contribution in [1.82, 2.24) is 19.2 Å². The Morgan fingerprint density at radius 1 is 0.921 bits per heavy atom. The summed E-state index contributed by atoms with van der Waals surface area (Å²) >= 11 is 0. The van der Waals surface area contributed by atoms with Crippen LogP contribution in [0.15, 0.2) is 96.2 Å². The van der Waals surface area contributed by atoms with Crippen LogP contribution in [-0.4, -0.2) is 85.4 Å². The standard InChI is InChI=1S/C47H61FN5O8PSi/c1-31(2)53(32(3)4)62(58-27-15-26-49)60-42-41(61-63(10,11)46(5,6)7)39(59-45(42)52-28-38(48)40-43(52)50-30-51-44(40)54)29-57-47(33-16-13-12-14-17-33,34-18-22-36(55-8)23-19-34)35-20-24-37(56-9)25-21-35/h12-14,16-25,28,30-32,39,41-42,45H,15,27,29H2,1-11H3,(H,50,51,54)/t39-,41-,42-,45?,62?/m1/s1. The number of aromatic amines is 1. The molecule has 6 rings (SSSR count). The first-order valence-electron chi connectivity index (χ1n) is 21.3. The van der Waals surface area contributed by atoms with E-state index < -0.39 is 58.4 Å². The molecule has 5 aromatic rings. The summed E-state index contributed by atoms with van der Waals surface area (Å²) in [4.78, 5) is 20.0. The highest BCUT2D eigenvalue weighted by atomic mass is 31.2. The van der Waals surface area contributed by atoms with E-state index in [0.29, 0.717) is 11.5 Å². The van der Waals surface area contributed by atoms with Crippen LogP contribution < -0.4 is 15.0 Å². The molecule has 2 unspecified atom stereocenters. The molecule has 0 amide bonds. The Bertz CT molecular complexity index is 2310. The summed E-state index contributed by atoms with van der Waals surface area (Å²) in [5.41, 5.74) is 0.746. The maximum Gasteiger partial charge on any atom is 0.263 e. The van der Waals surface area contributed by atoms with Gasteiger partial charge in [-0.25, -0.2) is 14.0 Å². The fourth-order valence-corrected chi connectivity index (χ4v) is 10.8. The normalized spacial score (nSPS) is 19.0. The van der Waals surface area contributed by atoms with Gasteiger partial charge >= 0.3 is 0 Å². The van der Waals surface area contributed by atoms with Gasteiger partial charge in [0.25, 0.3) is 14.1 Å². The summed E-state index contributed by atoms with van der Waals surface area (Å²) in [6.07, 6.45) is -1.06. The summed E-state index contributed by atoms with van der Waals surface area (Å²) in [7, 11) is -1.29. The van der Waals surface area contributed by atoms with Gasteiger partial charge in [0.1, 0.15) is 40.8 Å². The highest BCUT2D eigenvalue weighted by Crippen LogP contribution is 2.53. The number of nitrogens with one attached hydrogen (secondary N) is 1. The smallest absolute Gasteiger partial charge is 0.263 e. The maximum absolute atomic E-state index is 15.9. The fraction of sp³-hybridized carbons (Fsp3) is 0.468. The van der Waals surface area contributed by atoms with E-state index in [-0.39, 0.29) is 47.8 Å². The number of hydrogen-bond acceptors (Lipinski definition) is 11. The van der Waals surface area contributed by atoms with Gasteiger partial charge in [-0.3, -0.25) is 4.79 Å². The molecule has 0 aliphatic carbocycles. The molecule has 1 aliphatic heterocycles. The van der Waals surface area contributed by atoms with Gasteiger partial charge in [0, 0.05) is 18.3 Å². The monoisotopic (exact) mass is 901 g/mol. The van der Waals surface area contributed by atoms with Gasteiger partial charge in [-0.2, -0.15) is 5.26 Å². The van der Waals surface area contributed by atoms with Gasteiger partial charge in [-0.15, -0.1) is 0 Å². The lowest BCUT2D eigenvalue weighted by molar-refractivity contribution is -0.0927. The summed E-state index contributed by atoms with van der Waals surface area (Å²) < 4.78 is 66.4. The van der Waals surface area contributed by atoms with E-state index in [1.54, 1.807) is 14.2 Å². The van der Waals surface area contributed by atoms with Crippen molar-refractivity contribution < 1.29 is 36.8 Å². The van der Waals surface area contributed by atoms with Crippen LogP contribution in [0.2, 0.25) is 18.1 Å². The summed E-state index contributed by atoms with van der Waals surface area (Å²) in [6.45, 7) is 19.1. The van der Waals surface area contributed by atoms with E-state index in [9.17, 15) is 10.1 Å². The Hall–Kier alpha value is -4.49. The van der Waals surface area contributed by atoms with Crippen LogP contribution in [0.25, 0.3) is 11.0 Å². The highest BCUT2D eigenvalue weighted by molar-refractivity contribution is 7.44. The van der Waals surface area contributed by atoms with Crippen LogP contribution in [0.1, 0.15) is 77.8 Å². The van der Waals surface area contributed by atoms with Gasteiger partial charge < -0.3 is 42.0 Å². The molecule has 16 heteroatoms. The van der Waals surface area contributed by atoms with E-state index in [1.165, 1.54) is 17.1 Å². The second-order valence-corrected chi connectivity index (χ2v) is 23.8. The fourth-order valence-electron chi connectivity index (χ4n) is 7.76. The van der Waals surface area contributed by atoms with Crippen LogP contribution in [0.3, 0.4) is 0 Å². The quantitative estimate of drug-likeness (QED) is 0.0366. The molecule has 13 nitrogen and oxygen atoms in total. The number of aromatic nitrogens is 3. The minimum Gasteiger partial charge on any atom is -0.497 e. The first-order chi connectivity index (χ1) is 30.0.